The standard InChI is InChI=1S/C26H33FN4O2/c1-19(23-6-2-3-7-24(23)20-8-10-21(27)11-9-20)31-18-29-17-25(31)26(32)30-14-4-5-22(12-15-30)33-16-13-28/h2-3,6-11,17-19,22,26,32H,4-5,12-16,28H2,1H3. The van der Waals surface area contributed by atoms with Gasteiger partial charge < -0.3 is 20.1 Å². The number of hydrogen-bond acceptors (Lipinski definition) is 5. The van der Waals surface area contributed by atoms with E-state index in [1.807, 2.05) is 22.8 Å². The van der Waals surface area contributed by atoms with Gasteiger partial charge in [-0.2, -0.15) is 0 Å². The van der Waals surface area contributed by atoms with E-state index >= 15 is 0 Å². The Labute approximate surface area is 194 Å². The molecular weight excluding hydrogens is 419 g/mol. The Morgan fingerprint density at radius 2 is 1.94 bits per heavy atom. The Bertz CT molecular complexity index is 1020. The van der Waals surface area contributed by atoms with Gasteiger partial charge in [0.2, 0.25) is 0 Å². The smallest absolute Gasteiger partial charge is 0.150 e. The van der Waals surface area contributed by atoms with E-state index in [0.717, 1.165) is 54.7 Å². The first kappa shape index (κ1) is 23.6. The predicted octanol–water partition coefficient (Wildman–Crippen LogP) is 4.12. The van der Waals surface area contributed by atoms with Crippen molar-refractivity contribution in [2.24, 2.45) is 5.73 Å². The molecule has 1 aliphatic heterocycles. The van der Waals surface area contributed by atoms with E-state index in [4.69, 9.17) is 10.5 Å². The maximum absolute atomic E-state index is 13.5. The van der Waals surface area contributed by atoms with Crippen LogP contribution in [0.2, 0.25) is 0 Å². The average Bonchev–Trinajstić information content (AvgIpc) is 3.21. The summed E-state index contributed by atoms with van der Waals surface area (Å²) in [5.41, 5.74) is 9.41. The highest BCUT2D eigenvalue weighted by molar-refractivity contribution is 5.68. The van der Waals surface area contributed by atoms with Crippen molar-refractivity contribution < 1.29 is 14.2 Å². The molecule has 33 heavy (non-hydrogen) atoms. The van der Waals surface area contributed by atoms with Gasteiger partial charge in [0.15, 0.2) is 0 Å². The van der Waals surface area contributed by atoms with Gasteiger partial charge >= 0.3 is 0 Å². The number of aliphatic hydroxyl groups is 1. The molecule has 7 heteroatoms. The summed E-state index contributed by atoms with van der Waals surface area (Å²) in [4.78, 5) is 6.46. The zero-order valence-electron chi connectivity index (χ0n) is 19.1. The summed E-state index contributed by atoms with van der Waals surface area (Å²) >= 11 is 0. The Morgan fingerprint density at radius 1 is 1.15 bits per heavy atom. The third-order valence-electron chi connectivity index (χ3n) is 6.47. The third kappa shape index (κ3) is 5.50. The highest BCUT2D eigenvalue weighted by atomic mass is 19.1. The van der Waals surface area contributed by atoms with Crippen LogP contribution < -0.4 is 5.73 Å². The fourth-order valence-corrected chi connectivity index (χ4v) is 4.66. The van der Waals surface area contributed by atoms with Crippen molar-refractivity contribution in [3.05, 3.63) is 78.1 Å². The van der Waals surface area contributed by atoms with Gasteiger partial charge in [0, 0.05) is 19.6 Å². The van der Waals surface area contributed by atoms with E-state index < -0.39 is 6.23 Å². The van der Waals surface area contributed by atoms with Gasteiger partial charge in [0.05, 0.1) is 37.0 Å². The van der Waals surface area contributed by atoms with Gasteiger partial charge in [-0.3, -0.25) is 4.90 Å². The maximum atomic E-state index is 13.5. The number of aliphatic hydroxyl groups excluding tert-OH is 1. The Hall–Kier alpha value is -2.58. The number of aromatic nitrogens is 2. The van der Waals surface area contributed by atoms with Crippen LogP contribution in [0.1, 0.15) is 49.7 Å². The quantitative estimate of drug-likeness (QED) is 0.538. The number of benzene rings is 2. The fourth-order valence-electron chi connectivity index (χ4n) is 4.66. The van der Waals surface area contributed by atoms with Crippen LogP contribution in [0.3, 0.4) is 0 Å². The maximum Gasteiger partial charge on any atom is 0.150 e. The van der Waals surface area contributed by atoms with Gasteiger partial charge in [0.25, 0.3) is 0 Å². The summed E-state index contributed by atoms with van der Waals surface area (Å²) in [6.45, 7) is 4.75. The number of halogens is 1. The van der Waals surface area contributed by atoms with Gasteiger partial charge in [-0.1, -0.05) is 36.4 Å². The third-order valence-corrected chi connectivity index (χ3v) is 6.47. The zero-order chi connectivity index (χ0) is 23.2. The van der Waals surface area contributed by atoms with Crippen molar-refractivity contribution in [1.82, 2.24) is 14.5 Å². The molecule has 0 saturated carbocycles. The number of rotatable bonds is 8. The first-order chi connectivity index (χ1) is 16.1. The molecule has 0 radical (unpaired) electrons. The minimum Gasteiger partial charge on any atom is -0.377 e. The van der Waals surface area contributed by atoms with Gasteiger partial charge in [0.1, 0.15) is 12.0 Å². The summed E-state index contributed by atoms with van der Waals surface area (Å²) in [5, 5.41) is 11.3. The number of imidazole rings is 1. The molecule has 0 amide bonds. The minimum atomic E-state index is -0.749. The van der Waals surface area contributed by atoms with Crippen molar-refractivity contribution >= 4 is 0 Å². The molecule has 1 saturated heterocycles. The lowest BCUT2D eigenvalue weighted by atomic mass is 9.95. The molecule has 3 N–H and O–H groups in total. The van der Waals surface area contributed by atoms with Gasteiger partial charge in [-0.05, 0) is 55.0 Å². The van der Waals surface area contributed by atoms with Gasteiger partial charge in [-0.15, -0.1) is 0 Å². The van der Waals surface area contributed by atoms with E-state index in [-0.39, 0.29) is 18.0 Å². The van der Waals surface area contributed by atoms with Crippen molar-refractivity contribution in [1.29, 1.82) is 0 Å². The van der Waals surface area contributed by atoms with Gasteiger partial charge in [-0.25, -0.2) is 9.37 Å². The molecule has 3 unspecified atom stereocenters. The van der Waals surface area contributed by atoms with E-state index in [9.17, 15) is 9.50 Å². The van der Waals surface area contributed by atoms with Crippen LogP contribution in [0.5, 0.6) is 0 Å². The number of hydrogen-bond donors (Lipinski definition) is 2. The Morgan fingerprint density at radius 3 is 2.73 bits per heavy atom. The second-order valence-corrected chi connectivity index (χ2v) is 8.62. The lowest BCUT2D eigenvalue weighted by Gasteiger charge is -2.29. The number of nitrogens with zero attached hydrogens (tertiary/aromatic N) is 3. The van der Waals surface area contributed by atoms with Crippen LogP contribution in [-0.2, 0) is 4.74 Å². The molecule has 0 bridgehead atoms. The van der Waals surface area contributed by atoms with Crippen molar-refractivity contribution in [3.8, 4) is 11.1 Å². The van der Waals surface area contributed by atoms with Crippen molar-refractivity contribution in [3.63, 3.8) is 0 Å². The van der Waals surface area contributed by atoms with Crippen LogP contribution in [0, 0.1) is 5.82 Å². The Balaban J connectivity index is 1.55. The molecule has 0 spiro atoms. The molecule has 2 aromatic carbocycles. The molecule has 6 nitrogen and oxygen atoms in total. The molecule has 4 rings (SSSR count). The highest BCUT2D eigenvalue weighted by Crippen LogP contribution is 2.33. The number of nitrogens with two attached hydrogens (primary N) is 1. The summed E-state index contributed by atoms with van der Waals surface area (Å²) in [6, 6.07) is 14.6. The number of ether oxygens (including phenoxy) is 1. The van der Waals surface area contributed by atoms with Crippen LogP contribution >= 0.6 is 0 Å². The molecular formula is C26H33FN4O2. The number of likely N-dealkylation sites (tertiary alicyclic amines) is 1. The summed E-state index contributed by atoms with van der Waals surface area (Å²) < 4.78 is 21.3. The van der Waals surface area contributed by atoms with E-state index in [1.54, 1.807) is 24.7 Å². The minimum absolute atomic E-state index is 0.0639. The normalized spacial score (nSPS) is 19.2. The molecule has 1 aromatic heterocycles. The molecule has 3 atom stereocenters. The van der Waals surface area contributed by atoms with E-state index in [1.165, 1.54) is 12.1 Å². The van der Waals surface area contributed by atoms with Crippen LogP contribution in [0.15, 0.2) is 61.1 Å². The average molecular weight is 453 g/mol. The van der Waals surface area contributed by atoms with Crippen molar-refractivity contribution in [2.75, 3.05) is 26.2 Å². The second-order valence-electron chi connectivity index (χ2n) is 8.62. The molecule has 3 aromatic rings. The monoisotopic (exact) mass is 452 g/mol. The first-order valence-corrected chi connectivity index (χ1v) is 11.7. The van der Waals surface area contributed by atoms with E-state index in [0.29, 0.717) is 13.2 Å². The summed E-state index contributed by atoms with van der Waals surface area (Å²) in [7, 11) is 0. The first-order valence-electron chi connectivity index (χ1n) is 11.7. The SMILES string of the molecule is CC(c1ccccc1-c1ccc(F)cc1)n1cncc1C(O)N1CCCC(OCCN)CC1. The van der Waals surface area contributed by atoms with Crippen LogP contribution in [0.25, 0.3) is 11.1 Å². The highest BCUT2D eigenvalue weighted by Gasteiger charge is 2.27. The largest absolute Gasteiger partial charge is 0.377 e. The van der Waals surface area contributed by atoms with Crippen LogP contribution in [-0.4, -0.2) is 51.9 Å². The topological polar surface area (TPSA) is 76.5 Å². The molecule has 1 aliphatic rings. The lowest BCUT2D eigenvalue weighted by molar-refractivity contribution is -0.00762. The molecule has 0 aliphatic carbocycles. The van der Waals surface area contributed by atoms with Crippen LogP contribution in [0.4, 0.5) is 4.39 Å². The molecule has 2 heterocycles. The fraction of sp³-hybridized carbons (Fsp3) is 0.423. The second kappa shape index (κ2) is 11.0. The summed E-state index contributed by atoms with van der Waals surface area (Å²) in [5.74, 6) is -0.252. The van der Waals surface area contributed by atoms with E-state index in [2.05, 4.69) is 22.9 Å². The van der Waals surface area contributed by atoms with Crippen molar-refractivity contribution in [2.45, 2.75) is 44.6 Å². The summed E-state index contributed by atoms with van der Waals surface area (Å²) in [6.07, 6.45) is 5.77. The lowest BCUT2D eigenvalue weighted by Crippen LogP contribution is -2.32. The Kier molecular flexibility index (Phi) is 7.88. The zero-order valence-corrected chi connectivity index (χ0v) is 19.1. The molecule has 1 fully saturated rings. The molecule has 176 valence electrons. The predicted molar refractivity (Wildman–Crippen MR) is 127 cm³/mol.